The Balaban J connectivity index is 1.88. The second-order valence-corrected chi connectivity index (χ2v) is 7.60. The molecule has 1 aromatic heterocycles. The van der Waals surface area contributed by atoms with E-state index >= 15 is 0 Å². The average Bonchev–Trinajstić information content (AvgIpc) is 3.34. The average molecular weight is 380 g/mol. The van der Waals surface area contributed by atoms with Gasteiger partial charge in [0.15, 0.2) is 0 Å². The molecular weight excluding hydrogens is 358 g/mol. The van der Waals surface area contributed by atoms with E-state index in [0.717, 1.165) is 49.4 Å². The zero-order valence-electron chi connectivity index (χ0n) is 16.7. The third-order valence-electron chi connectivity index (χ3n) is 5.65. The molecule has 0 saturated heterocycles. The first kappa shape index (κ1) is 17.4. The minimum Gasteiger partial charge on any atom is -0.507 e. The molecule has 0 bridgehead atoms. The van der Waals surface area contributed by atoms with E-state index < -0.39 is 0 Å². The molecule has 0 saturated carbocycles. The Morgan fingerprint density at radius 3 is 2.24 bits per heavy atom. The molecule has 0 atom stereocenters. The minimum atomic E-state index is 0.305. The number of aromatic nitrogens is 2. The first-order valence-electron chi connectivity index (χ1n) is 9.68. The standard InChI is InChI=1S/C25H21N3O/c1-16-23(15-26-28(16)17-9-5-4-6-10-17)24-22-14-18(27(2)3)13-21(22)19-11-7-8-12-20(19)25(24)29/h4-15H,1-3H3/p+1. The Morgan fingerprint density at radius 1 is 0.862 bits per heavy atom. The summed E-state index contributed by atoms with van der Waals surface area (Å²) in [6.07, 6.45) is 6.20. The van der Waals surface area contributed by atoms with Crippen LogP contribution in [0, 0.1) is 6.92 Å². The molecule has 0 radical (unpaired) electrons. The highest BCUT2D eigenvalue weighted by molar-refractivity contribution is 6.29. The number of nitrogens with zero attached hydrogens (tertiary/aromatic N) is 3. The molecule has 0 fully saturated rings. The number of rotatable bonds is 2. The molecule has 0 spiro atoms. The second kappa shape index (κ2) is 6.45. The molecular formula is C25H22N3O+. The molecule has 1 heterocycles. The minimum absolute atomic E-state index is 0.305. The Bertz CT molecular complexity index is 1420. The van der Waals surface area contributed by atoms with Gasteiger partial charge in [-0.1, -0.05) is 42.5 Å². The van der Waals surface area contributed by atoms with Gasteiger partial charge in [-0.25, -0.2) is 9.26 Å². The highest BCUT2D eigenvalue weighted by Gasteiger charge is 2.21. The summed E-state index contributed by atoms with van der Waals surface area (Å²) in [6.45, 7) is 2.05. The normalized spacial score (nSPS) is 12.6. The zero-order valence-corrected chi connectivity index (χ0v) is 16.7. The fraction of sp³-hybridized carbons (Fsp3) is 0.120. The van der Waals surface area contributed by atoms with Crippen molar-refractivity contribution < 1.29 is 9.68 Å². The zero-order chi connectivity index (χ0) is 20.1. The van der Waals surface area contributed by atoms with Crippen LogP contribution in [0.5, 0.6) is 5.75 Å². The molecule has 4 aromatic rings. The van der Waals surface area contributed by atoms with Crippen LogP contribution in [-0.4, -0.2) is 39.3 Å². The summed E-state index contributed by atoms with van der Waals surface area (Å²) in [7, 11) is 4.07. The number of hydrogen-bond donors (Lipinski definition) is 1. The van der Waals surface area contributed by atoms with Crippen LogP contribution in [0.1, 0.15) is 5.69 Å². The first-order valence-corrected chi connectivity index (χ1v) is 9.68. The van der Waals surface area contributed by atoms with E-state index in [2.05, 4.69) is 27.9 Å². The highest BCUT2D eigenvalue weighted by Crippen LogP contribution is 2.34. The number of phenols is 1. The molecule has 0 aliphatic heterocycles. The van der Waals surface area contributed by atoms with Crippen molar-refractivity contribution in [2.24, 2.45) is 0 Å². The van der Waals surface area contributed by atoms with Crippen molar-refractivity contribution >= 4 is 28.6 Å². The summed E-state index contributed by atoms with van der Waals surface area (Å²) in [4.78, 5) is 0. The van der Waals surface area contributed by atoms with Gasteiger partial charge in [0.2, 0.25) is 5.71 Å². The maximum atomic E-state index is 11.3. The second-order valence-electron chi connectivity index (χ2n) is 7.60. The van der Waals surface area contributed by atoms with Crippen LogP contribution in [0.2, 0.25) is 0 Å². The number of para-hydroxylation sites is 1. The predicted molar refractivity (Wildman–Crippen MR) is 118 cm³/mol. The van der Waals surface area contributed by atoms with E-state index in [-0.39, 0.29) is 0 Å². The largest absolute Gasteiger partial charge is 0.507 e. The van der Waals surface area contributed by atoms with Crippen molar-refractivity contribution in [3.63, 3.8) is 0 Å². The fourth-order valence-electron chi connectivity index (χ4n) is 4.12. The van der Waals surface area contributed by atoms with Gasteiger partial charge in [-0.3, -0.25) is 0 Å². The van der Waals surface area contributed by atoms with Crippen molar-refractivity contribution in [3.05, 3.63) is 76.9 Å². The third-order valence-corrected chi connectivity index (χ3v) is 5.65. The van der Waals surface area contributed by atoms with Crippen molar-refractivity contribution in [2.45, 2.75) is 6.92 Å². The molecule has 29 heavy (non-hydrogen) atoms. The van der Waals surface area contributed by atoms with Crippen molar-refractivity contribution in [3.8, 4) is 22.6 Å². The van der Waals surface area contributed by atoms with Crippen LogP contribution in [0.15, 0.2) is 60.8 Å². The molecule has 1 aliphatic carbocycles. The summed E-state index contributed by atoms with van der Waals surface area (Å²) in [6, 6.07) is 18.1. The van der Waals surface area contributed by atoms with Crippen LogP contribution in [0.3, 0.4) is 0 Å². The van der Waals surface area contributed by atoms with Crippen molar-refractivity contribution in [2.75, 3.05) is 14.1 Å². The number of fused-ring (bicyclic) bond motifs is 3. The molecule has 0 amide bonds. The summed E-state index contributed by atoms with van der Waals surface area (Å²) >= 11 is 0. The fourth-order valence-corrected chi connectivity index (χ4v) is 4.12. The van der Waals surface area contributed by atoms with E-state index in [1.165, 1.54) is 0 Å². The lowest BCUT2D eigenvalue weighted by atomic mass is 9.96. The number of hydrogen-bond acceptors (Lipinski definition) is 2. The Hall–Kier alpha value is -3.66. The SMILES string of the molecule is Cc1c(-c2c(O)c3ccccc3c3c2=CC(=[N+](C)C)C=3)cnn1-c1ccccc1. The molecule has 5 rings (SSSR count). The Morgan fingerprint density at radius 2 is 1.52 bits per heavy atom. The van der Waals surface area contributed by atoms with Crippen LogP contribution in [0.4, 0.5) is 0 Å². The van der Waals surface area contributed by atoms with E-state index in [1.807, 2.05) is 80.4 Å². The van der Waals surface area contributed by atoms with Crippen LogP contribution in [0.25, 0.3) is 39.7 Å². The Kier molecular flexibility index (Phi) is 3.88. The molecule has 4 heteroatoms. The molecule has 4 nitrogen and oxygen atoms in total. The van der Waals surface area contributed by atoms with E-state index in [9.17, 15) is 5.11 Å². The number of benzene rings is 3. The predicted octanol–water partition coefficient (Wildman–Crippen LogP) is 2.99. The maximum absolute atomic E-state index is 11.3. The Labute approximate surface area is 169 Å². The van der Waals surface area contributed by atoms with Crippen molar-refractivity contribution in [1.29, 1.82) is 0 Å². The van der Waals surface area contributed by atoms with Gasteiger partial charge >= 0.3 is 0 Å². The summed E-state index contributed by atoms with van der Waals surface area (Å²) in [5.41, 5.74) is 4.90. The van der Waals surface area contributed by atoms with Crippen LogP contribution < -0.4 is 10.4 Å². The van der Waals surface area contributed by atoms with Gasteiger partial charge in [0.05, 0.1) is 11.9 Å². The van der Waals surface area contributed by atoms with Gasteiger partial charge in [-0.05, 0) is 29.7 Å². The molecule has 0 unspecified atom stereocenters. The van der Waals surface area contributed by atoms with Gasteiger partial charge in [0.1, 0.15) is 19.8 Å². The van der Waals surface area contributed by atoms with Gasteiger partial charge in [-0.2, -0.15) is 5.10 Å². The smallest absolute Gasteiger partial charge is 0.200 e. The monoisotopic (exact) mass is 380 g/mol. The molecule has 1 N–H and O–H groups in total. The lowest BCUT2D eigenvalue weighted by molar-refractivity contribution is -0.461. The lowest BCUT2D eigenvalue weighted by Gasteiger charge is -2.10. The third kappa shape index (κ3) is 2.60. The van der Waals surface area contributed by atoms with Crippen LogP contribution in [-0.2, 0) is 0 Å². The number of phenolic OH excluding ortho intramolecular Hbond substituents is 1. The summed E-state index contributed by atoms with van der Waals surface area (Å²) < 4.78 is 4.02. The van der Waals surface area contributed by atoms with E-state index in [1.54, 1.807) is 0 Å². The van der Waals surface area contributed by atoms with E-state index in [0.29, 0.717) is 5.75 Å². The molecule has 142 valence electrons. The van der Waals surface area contributed by atoms with Gasteiger partial charge < -0.3 is 5.11 Å². The topological polar surface area (TPSA) is 41.1 Å². The maximum Gasteiger partial charge on any atom is 0.200 e. The van der Waals surface area contributed by atoms with E-state index in [4.69, 9.17) is 0 Å². The van der Waals surface area contributed by atoms with Gasteiger partial charge in [-0.15, -0.1) is 0 Å². The molecule has 1 aliphatic rings. The highest BCUT2D eigenvalue weighted by atomic mass is 16.3. The van der Waals surface area contributed by atoms with Crippen LogP contribution >= 0.6 is 0 Å². The first-order chi connectivity index (χ1) is 14.1. The van der Waals surface area contributed by atoms with Gasteiger partial charge in [0, 0.05) is 39.6 Å². The van der Waals surface area contributed by atoms with Gasteiger partial charge in [0.25, 0.3) is 0 Å². The number of aromatic hydroxyl groups is 1. The quantitative estimate of drug-likeness (QED) is 0.543. The van der Waals surface area contributed by atoms with Crippen molar-refractivity contribution in [1.82, 2.24) is 9.78 Å². The summed E-state index contributed by atoms with van der Waals surface area (Å²) in [5, 5.41) is 20.0. The molecule has 3 aromatic carbocycles. The lowest BCUT2D eigenvalue weighted by Crippen LogP contribution is -2.25. The summed E-state index contributed by atoms with van der Waals surface area (Å²) in [5.74, 6) is 0.305.